The van der Waals surface area contributed by atoms with Gasteiger partial charge in [-0.05, 0) is 55.7 Å². The summed E-state index contributed by atoms with van der Waals surface area (Å²) in [6.45, 7) is 0.493. The number of carbonyl (C=O) groups excluding carboxylic acids is 2. The van der Waals surface area contributed by atoms with Crippen LogP contribution in [0.4, 0.5) is 18.9 Å². The van der Waals surface area contributed by atoms with Gasteiger partial charge in [0, 0.05) is 24.1 Å². The highest BCUT2D eigenvalue weighted by atomic mass is 19.4. The SMILES string of the molecule is O=C(Nc1ccc(C(F)(F)F)cc1)[C@@H]1CCCN1C(=O)[C@H]1C[C@@H]1c1nc2ccccc2[nH]1. The number of fused-ring (bicyclic) bond motifs is 1. The van der Waals surface area contributed by atoms with Gasteiger partial charge in [-0.2, -0.15) is 13.2 Å². The number of rotatable bonds is 4. The fraction of sp³-hybridized carbons (Fsp3) is 0.348. The molecule has 2 aromatic carbocycles. The molecular formula is C23H21F3N4O2. The molecule has 0 radical (unpaired) electrons. The van der Waals surface area contributed by atoms with Crippen molar-refractivity contribution in [1.82, 2.24) is 14.9 Å². The van der Waals surface area contributed by atoms with Gasteiger partial charge in [0.2, 0.25) is 11.8 Å². The van der Waals surface area contributed by atoms with Gasteiger partial charge >= 0.3 is 6.18 Å². The van der Waals surface area contributed by atoms with Crippen LogP contribution in [0.2, 0.25) is 0 Å². The third-order valence-corrected chi connectivity index (χ3v) is 6.18. The second-order valence-corrected chi connectivity index (χ2v) is 8.34. The fourth-order valence-electron chi connectivity index (χ4n) is 4.40. The van der Waals surface area contributed by atoms with Gasteiger partial charge in [-0.25, -0.2) is 4.98 Å². The molecule has 1 aromatic heterocycles. The molecule has 2 aliphatic rings. The lowest BCUT2D eigenvalue weighted by Crippen LogP contribution is -2.44. The Kier molecular flexibility index (Phi) is 4.91. The summed E-state index contributed by atoms with van der Waals surface area (Å²) in [5.74, 6) is 0.135. The minimum atomic E-state index is -4.43. The first-order chi connectivity index (χ1) is 15.3. The smallest absolute Gasteiger partial charge is 0.342 e. The summed E-state index contributed by atoms with van der Waals surface area (Å²) in [5, 5.41) is 2.65. The molecule has 2 heterocycles. The average Bonchev–Trinajstić information content (AvgIpc) is 3.20. The van der Waals surface area contributed by atoms with E-state index in [1.165, 1.54) is 12.1 Å². The van der Waals surface area contributed by atoms with Crippen LogP contribution in [0.3, 0.4) is 0 Å². The monoisotopic (exact) mass is 442 g/mol. The maximum absolute atomic E-state index is 13.1. The number of alkyl halides is 3. The molecule has 5 rings (SSSR count). The molecule has 2 fully saturated rings. The van der Waals surface area contributed by atoms with Crippen molar-refractivity contribution >= 4 is 28.5 Å². The molecule has 32 heavy (non-hydrogen) atoms. The lowest BCUT2D eigenvalue weighted by Gasteiger charge is -2.24. The van der Waals surface area contributed by atoms with E-state index in [0.717, 1.165) is 29.0 Å². The number of halogens is 3. The van der Waals surface area contributed by atoms with Crippen LogP contribution in [0.25, 0.3) is 11.0 Å². The largest absolute Gasteiger partial charge is 0.416 e. The number of nitrogens with zero attached hydrogens (tertiary/aromatic N) is 2. The Morgan fingerprint density at radius 1 is 1.09 bits per heavy atom. The van der Waals surface area contributed by atoms with Crippen LogP contribution in [-0.2, 0) is 15.8 Å². The summed E-state index contributed by atoms with van der Waals surface area (Å²) >= 11 is 0. The van der Waals surface area contributed by atoms with Gasteiger partial charge in [-0.15, -0.1) is 0 Å². The Hall–Kier alpha value is -3.36. The molecule has 0 spiro atoms. The van der Waals surface area contributed by atoms with Crippen molar-refractivity contribution in [2.45, 2.75) is 37.4 Å². The maximum atomic E-state index is 13.1. The predicted octanol–water partition coefficient (Wildman–Crippen LogP) is 4.31. The molecule has 3 aromatic rings. The van der Waals surface area contributed by atoms with Gasteiger partial charge in [0.05, 0.1) is 16.6 Å². The lowest BCUT2D eigenvalue weighted by atomic mass is 10.1. The zero-order valence-electron chi connectivity index (χ0n) is 17.0. The molecule has 166 valence electrons. The number of nitrogens with one attached hydrogen (secondary N) is 2. The molecule has 2 N–H and O–H groups in total. The van der Waals surface area contributed by atoms with E-state index in [2.05, 4.69) is 15.3 Å². The van der Waals surface area contributed by atoms with Gasteiger partial charge < -0.3 is 15.2 Å². The second-order valence-electron chi connectivity index (χ2n) is 8.34. The molecule has 9 heteroatoms. The molecule has 2 amide bonds. The van der Waals surface area contributed by atoms with E-state index >= 15 is 0 Å². The molecule has 1 aliphatic heterocycles. The zero-order valence-corrected chi connectivity index (χ0v) is 17.0. The number of aromatic nitrogens is 2. The Bertz CT molecular complexity index is 1140. The van der Waals surface area contributed by atoms with Crippen molar-refractivity contribution < 1.29 is 22.8 Å². The van der Waals surface area contributed by atoms with Crippen molar-refractivity contribution in [3.63, 3.8) is 0 Å². The first-order valence-corrected chi connectivity index (χ1v) is 10.5. The van der Waals surface area contributed by atoms with Gasteiger partial charge in [-0.1, -0.05) is 12.1 Å². The minimum Gasteiger partial charge on any atom is -0.342 e. The van der Waals surface area contributed by atoms with Crippen molar-refractivity contribution in [1.29, 1.82) is 0 Å². The van der Waals surface area contributed by atoms with Gasteiger partial charge in [0.15, 0.2) is 0 Å². The van der Waals surface area contributed by atoms with Crippen LogP contribution in [0.15, 0.2) is 48.5 Å². The van der Waals surface area contributed by atoms with E-state index in [1.807, 2.05) is 24.3 Å². The summed E-state index contributed by atoms with van der Waals surface area (Å²) in [7, 11) is 0. The maximum Gasteiger partial charge on any atom is 0.416 e. The second kappa shape index (κ2) is 7.65. The number of anilines is 1. The van der Waals surface area contributed by atoms with E-state index < -0.39 is 17.8 Å². The fourth-order valence-corrected chi connectivity index (χ4v) is 4.40. The first-order valence-electron chi connectivity index (χ1n) is 10.5. The predicted molar refractivity (Wildman–Crippen MR) is 112 cm³/mol. The average molecular weight is 442 g/mol. The topological polar surface area (TPSA) is 78.1 Å². The molecule has 1 saturated carbocycles. The number of imidazole rings is 1. The number of para-hydroxylation sites is 2. The third kappa shape index (κ3) is 3.83. The standard InChI is InChI=1S/C23H21F3N4O2/c24-23(25,26)13-7-9-14(10-8-13)27-21(31)19-6-3-11-30(19)22(32)16-12-15(16)20-28-17-4-1-2-5-18(17)29-20/h1-2,4-5,7-10,15-16,19H,3,6,11-12H2,(H,27,31)(H,28,29)/t15-,16-,19-/m0/s1. The van der Waals surface area contributed by atoms with Crippen molar-refractivity contribution in [3.05, 3.63) is 59.9 Å². The Labute approximate surface area is 181 Å². The number of H-pyrrole nitrogens is 1. The quantitative estimate of drug-likeness (QED) is 0.632. The minimum absolute atomic E-state index is 0.00845. The van der Waals surface area contributed by atoms with E-state index in [9.17, 15) is 22.8 Å². The molecule has 1 saturated heterocycles. The molecule has 0 bridgehead atoms. The van der Waals surface area contributed by atoms with Crippen LogP contribution in [0.1, 0.15) is 36.6 Å². The van der Waals surface area contributed by atoms with E-state index in [-0.39, 0.29) is 29.3 Å². The molecule has 0 unspecified atom stereocenters. The van der Waals surface area contributed by atoms with Crippen LogP contribution < -0.4 is 5.32 Å². The van der Waals surface area contributed by atoms with Gasteiger partial charge in [-0.3, -0.25) is 9.59 Å². The summed E-state index contributed by atoms with van der Waals surface area (Å²) in [4.78, 5) is 35.3. The van der Waals surface area contributed by atoms with E-state index in [4.69, 9.17) is 0 Å². The normalized spacial score (nSPS) is 22.8. The Morgan fingerprint density at radius 2 is 1.84 bits per heavy atom. The van der Waals surface area contributed by atoms with Gasteiger partial charge in [0.25, 0.3) is 0 Å². The van der Waals surface area contributed by atoms with Crippen molar-refractivity contribution in [3.8, 4) is 0 Å². The van der Waals surface area contributed by atoms with Crippen LogP contribution in [0.5, 0.6) is 0 Å². The molecule has 3 atom stereocenters. The first kappa shape index (κ1) is 20.5. The molecule has 1 aliphatic carbocycles. The Morgan fingerprint density at radius 3 is 2.56 bits per heavy atom. The highest BCUT2D eigenvalue weighted by molar-refractivity contribution is 5.98. The van der Waals surface area contributed by atoms with E-state index in [1.54, 1.807) is 4.90 Å². The molecular weight excluding hydrogens is 421 g/mol. The van der Waals surface area contributed by atoms with Crippen molar-refractivity contribution in [2.24, 2.45) is 5.92 Å². The summed E-state index contributed by atoms with van der Waals surface area (Å²) in [6, 6.07) is 11.4. The van der Waals surface area contributed by atoms with Crippen LogP contribution in [0, 0.1) is 5.92 Å². The number of likely N-dealkylation sites (tertiary alicyclic amines) is 1. The highest BCUT2D eigenvalue weighted by Gasteiger charge is 2.50. The zero-order chi connectivity index (χ0) is 22.5. The van der Waals surface area contributed by atoms with Crippen molar-refractivity contribution in [2.75, 3.05) is 11.9 Å². The summed E-state index contributed by atoms with van der Waals surface area (Å²) in [6.07, 6.45) is -2.51. The number of carbonyl (C=O) groups is 2. The molecule has 6 nitrogen and oxygen atoms in total. The number of hydrogen-bond donors (Lipinski definition) is 2. The number of benzene rings is 2. The number of amides is 2. The lowest BCUT2D eigenvalue weighted by molar-refractivity contribution is -0.138. The van der Waals surface area contributed by atoms with E-state index in [0.29, 0.717) is 25.8 Å². The highest BCUT2D eigenvalue weighted by Crippen LogP contribution is 2.48. The van der Waals surface area contributed by atoms with Crippen LogP contribution >= 0.6 is 0 Å². The number of hydrogen-bond acceptors (Lipinski definition) is 3. The summed E-state index contributed by atoms with van der Waals surface area (Å²) < 4.78 is 38.2. The van der Waals surface area contributed by atoms with Crippen LogP contribution in [-0.4, -0.2) is 39.3 Å². The Balaban J connectivity index is 1.24. The van der Waals surface area contributed by atoms with Gasteiger partial charge in [0.1, 0.15) is 11.9 Å². The third-order valence-electron chi connectivity index (χ3n) is 6.18. The number of aromatic amines is 1. The summed E-state index contributed by atoms with van der Waals surface area (Å²) in [5.41, 5.74) is 1.28.